The maximum Gasteiger partial charge on any atom is 0.00762 e. The van der Waals surface area contributed by atoms with Crippen LogP contribution >= 0.6 is 11.8 Å². The topological polar surface area (TPSA) is 0 Å². The Bertz CT molecular complexity index is 329. The lowest BCUT2D eigenvalue weighted by Crippen LogP contribution is -2.05. The lowest BCUT2D eigenvalue weighted by atomic mass is 9.87. The Balaban J connectivity index is 2.20. The normalized spacial score (nSPS) is 24.5. The fraction of sp³-hybridized carbons (Fsp3) is 0.789. The fourth-order valence-electron chi connectivity index (χ4n) is 2.84. The molecule has 0 nitrogen and oxygen atoms in total. The Kier molecular flexibility index (Phi) is 7.43. The predicted molar refractivity (Wildman–Crippen MR) is 95.3 cm³/mol. The van der Waals surface area contributed by atoms with Gasteiger partial charge in [-0.25, -0.2) is 0 Å². The van der Waals surface area contributed by atoms with Crippen LogP contribution < -0.4 is 0 Å². The van der Waals surface area contributed by atoms with Crippen molar-refractivity contribution < 1.29 is 0 Å². The molecule has 0 amide bonds. The highest BCUT2D eigenvalue weighted by Crippen LogP contribution is 2.45. The molecule has 0 heterocycles. The Morgan fingerprint density at radius 2 is 1.80 bits per heavy atom. The minimum absolute atomic E-state index is 0.623. The first-order valence-corrected chi connectivity index (χ1v) is 9.52. The van der Waals surface area contributed by atoms with Crippen molar-refractivity contribution in [3.05, 3.63) is 24.3 Å². The van der Waals surface area contributed by atoms with Crippen LogP contribution in [0.5, 0.6) is 0 Å². The molecule has 0 aromatic rings. The fourth-order valence-corrected chi connectivity index (χ4v) is 3.78. The number of allylic oxidation sites excluding steroid dienone is 2. The standard InChI is InChI=1S/C19H34S/c1-13(2)16(5)10-14(3)8-9-15(4)17(6)11-18-12-19(18)20-7/h13-14,17-19H,4-5,8-12H2,1-3,6-7H3. The molecule has 1 fully saturated rings. The molecular formula is C19H34S. The van der Waals surface area contributed by atoms with E-state index in [1.165, 1.54) is 43.3 Å². The van der Waals surface area contributed by atoms with E-state index in [9.17, 15) is 0 Å². The van der Waals surface area contributed by atoms with E-state index < -0.39 is 0 Å². The Morgan fingerprint density at radius 3 is 2.30 bits per heavy atom. The number of hydrogen-bond donors (Lipinski definition) is 0. The van der Waals surface area contributed by atoms with Crippen LogP contribution in [0, 0.1) is 23.7 Å². The largest absolute Gasteiger partial charge is 0.162 e. The molecule has 0 spiro atoms. The van der Waals surface area contributed by atoms with Gasteiger partial charge < -0.3 is 0 Å². The molecule has 1 aliphatic rings. The molecule has 0 aliphatic heterocycles. The van der Waals surface area contributed by atoms with E-state index in [2.05, 4.69) is 47.1 Å². The second-order valence-electron chi connectivity index (χ2n) is 7.23. The summed E-state index contributed by atoms with van der Waals surface area (Å²) in [5, 5.41) is 0.943. The molecule has 0 bridgehead atoms. The summed E-state index contributed by atoms with van der Waals surface area (Å²) in [6, 6.07) is 0. The predicted octanol–water partition coefficient (Wildman–Crippen LogP) is 6.34. The first kappa shape index (κ1) is 17.9. The van der Waals surface area contributed by atoms with Gasteiger partial charge in [0.25, 0.3) is 0 Å². The minimum atomic E-state index is 0.623. The van der Waals surface area contributed by atoms with E-state index in [4.69, 9.17) is 0 Å². The maximum absolute atomic E-state index is 4.34. The Morgan fingerprint density at radius 1 is 1.15 bits per heavy atom. The molecule has 4 unspecified atom stereocenters. The molecule has 0 N–H and O–H groups in total. The molecule has 1 rings (SSSR count). The van der Waals surface area contributed by atoms with Crippen LogP contribution in [0.2, 0.25) is 0 Å². The molecule has 0 aromatic heterocycles. The number of hydrogen-bond acceptors (Lipinski definition) is 1. The summed E-state index contributed by atoms with van der Waals surface area (Å²) in [6.45, 7) is 17.8. The van der Waals surface area contributed by atoms with Crippen LogP contribution in [0.1, 0.15) is 59.8 Å². The molecule has 116 valence electrons. The summed E-state index contributed by atoms with van der Waals surface area (Å²) in [6.07, 6.45) is 8.68. The van der Waals surface area contributed by atoms with Crippen LogP contribution in [0.4, 0.5) is 0 Å². The molecular weight excluding hydrogens is 260 g/mol. The second kappa shape index (κ2) is 8.32. The van der Waals surface area contributed by atoms with Crippen molar-refractivity contribution in [1.82, 2.24) is 0 Å². The van der Waals surface area contributed by atoms with Crippen molar-refractivity contribution in [3.63, 3.8) is 0 Å². The monoisotopic (exact) mass is 294 g/mol. The minimum Gasteiger partial charge on any atom is -0.162 e. The van der Waals surface area contributed by atoms with Gasteiger partial charge in [0.2, 0.25) is 0 Å². The first-order valence-electron chi connectivity index (χ1n) is 8.23. The summed E-state index contributed by atoms with van der Waals surface area (Å²) in [7, 11) is 0. The molecule has 20 heavy (non-hydrogen) atoms. The molecule has 0 radical (unpaired) electrons. The highest BCUT2D eigenvalue weighted by Gasteiger charge is 2.37. The molecule has 0 saturated heterocycles. The van der Waals surface area contributed by atoms with Crippen LogP contribution in [0.25, 0.3) is 0 Å². The first-order chi connectivity index (χ1) is 9.35. The second-order valence-corrected chi connectivity index (χ2v) is 8.30. The van der Waals surface area contributed by atoms with Gasteiger partial charge in [0.1, 0.15) is 0 Å². The van der Waals surface area contributed by atoms with Crippen LogP contribution in [0.15, 0.2) is 24.3 Å². The van der Waals surface area contributed by atoms with Crippen molar-refractivity contribution in [2.24, 2.45) is 23.7 Å². The lowest BCUT2D eigenvalue weighted by molar-refractivity contribution is 0.476. The average molecular weight is 295 g/mol. The van der Waals surface area contributed by atoms with Gasteiger partial charge in [0.05, 0.1) is 0 Å². The van der Waals surface area contributed by atoms with Gasteiger partial charge in [-0.1, -0.05) is 52.0 Å². The van der Waals surface area contributed by atoms with Gasteiger partial charge in [-0.2, -0.15) is 11.8 Å². The summed E-state index contributed by atoms with van der Waals surface area (Å²) in [5.74, 6) is 3.04. The summed E-state index contributed by atoms with van der Waals surface area (Å²) in [4.78, 5) is 0. The van der Waals surface area contributed by atoms with Crippen LogP contribution in [-0.4, -0.2) is 11.5 Å². The zero-order chi connectivity index (χ0) is 15.3. The van der Waals surface area contributed by atoms with Gasteiger partial charge in [-0.05, 0) is 62.0 Å². The van der Waals surface area contributed by atoms with Crippen molar-refractivity contribution in [3.8, 4) is 0 Å². The summed E-state index contributed by atoms with van der Waals surface area (Å²) in [5.41, 5.74) is 2.87. The van der Waals surface area contributed by atoms with E-state index in [0.29, 0.717) is 11.8 Å². The van der Waals surface area contributed by atoms with E-state index in [1.807, 2.05) is 11.8 Å². The average Bonchev–Trinajstić information content (AvgIpc) is 3.13. The molecule has 1 saturated carbocycles. The Hall–Kier alpha value is -0.170. The van der Waals surface area contributed by atoms with Gasteiger partial charge >= 0.3 is 0 Å². The van der Waals surface area contributed by atoms with Gasteiger partial charge in [0, 0.05) is 5.25 Å². The highest BCUT2D eigenvalue weighted by atomic mass is 32.2. The van der Waals surface area contributed by atoms with Gasteiger partial charge in [-0.15, -0.1) is 0 Å². The molecule has 4 atom stereocenters. The smallest absolute Gasteiger partial charge is 0.00762 e. The third-order valence-electron chi connectivity index (χ3n) is 4.90. The van der Waals surface area contributed by atoms with Crippen molar-refractivity contribution >= 4 is 11.8 Å². The summed E-state index contributed by atoms with van der Waals surface area (Å²) >= 11 is 2.04. The molecule has 0 aromatic carbocycles. The third kappa shape index (κ3) is 6.08. The van der Waals surface area contributed by atoms with Gasteiger partial charge in [-0.3, -0.25) is 0 Å². The van der Waals surface area contributed by atoms with Crippen molar-refractivity contribution in [2.45, 2.75) is 65.0 Å². The zero-order valence-corrected chi connectivity index (χ0v) is 15.1. The van der Waals surface area contributed by atoms with E-state index in [1.54, 1.807) is 0 Å². The Labute approximate surface area is 131 Å². The van der Waals surface area contributed by atoms with Crippen LogP contribution in [-0.2, 0) is 0 Å². The van der Waals surface area contributed by atoms with E-state index >= 15 is 0 Å². The van der Waals surface area contributed by atoms with E-state index in [0.717, 1.165) is 17.1 Å². The SMILES string of the molecule is C=C(CC(C)CCC(=C)C(C)CC1CC1SC)C(C)C. The summed E-state index contributed by atoms with van der Waals surface area (Å²) < 4.78 is 0. The van der Waals surface area contributed by atoms with E-state index in [-0.39, 0.29) is 0 Å². The molecule has 1 heteroatoms. The molecule has 1 aliphatic carbocycles. The zero-order valence-electron chi connectivity index (χ0n) is 14.2. The van der Waals surface area contributed by atoms with Gasteiger partial charge in [0.15, 0.2) is 0 Å². The van der Waals surface area contributed by atoms with Crippen molar-refractivity contribution in [1.29, 1.82) is 0 Å². The third-order valence-corrected chi connectivity index (χ3v) is 6.08. The van der Waals surface area contributed by atoms with Crippen LogP contribution in [0.3, 0.4) is 0 Å². The quantitative estimate of drug-likeness (QED) is 0.424. The lowest BCUT2D eigenvalue weighted by Gasteiger charge is -2.19. The highest BCUT2D eigenvalue weighted by molar-refractivity contribution is 7.99. The number of rotatable bonds is 10. The number of thioether (sulfide) groups is 1. The van der Waals surface area contributed by atoms with Crippen molar-refractivity contribution in [2.75, 3.05) is 6.26 Å². The maximum atomic E-state index is 4.34.